The summed E-state index contributed by atoms with van der Waals surface area (Å²) in [6, 6.07) is -0.781. The molecule has 4 nitrogen and oxygen atoms in total. The van der Waals surface area contributed by atoms with Crippen LogP contribution in [0.2, 0.25) is 0 Å². The van der Waals surface area contributed by atoms with Gasteiger partial charge in [0.25, 0.3) is 0 Å². The normalized spacial score (nSPS) is 35.1. The second-order valence-electron chi connectivity index (χ2n) is 5.86. The quantitative estimate of drug-likeness (QED) is 0.807. The molecule has 3 aliphatic rings. The van der Waals surface area contributed by atoms with E-state index in [9.17, 15) is 9.90 Å². The van der Waals surface area contributed by atoms with E-state index in [1.54, 1.807) is 4.90 Å². The summed E-state index contributed by atoms with van der Waals surface area (Å²) in [5.41, 5.74) is 6.05. The van der Waals surface area contributed by atoms with E-state index in [4.69, 9.17) is 5.73 Å². The lowest BCUT2D eigenvalue weighted by atomic mass is 9.82. The number of carbonyl (C=O) groups is 1. The van der Waals surface area contributed by atoms with Gasteiger partial charge < -0.3 is 15.7 Å². The maximum Gasteiger partial charge on any atom is 0.242 e. The summed E-state index contributed by atoms with van der Waals surface area (Å²) >= 11 is 1.85. The van der Waals surface area contributed by atoms with Crippen LogP contribution in [0.4, 0.5) is 0 Å². The molecule has 3 rings (SSSR count). The smallest absolute Gasteiger partial charge is 0.242 e. The molecular weight excluding hydrogens is 272 g/mol. The molecule has 0 aromatic heterocycles. The molecule has 2 heterocycles. The molecule has 2 saturated heterocycles. The van der Waals surface area contributed by atoms with Crippen molar-refractivity contribution in [2.24, 2.45) is 17.6 Å². The number of nitrogens with zero attached hydrogens (tertiary/aromatic N) is 1. The standard InChI is InChI=1S/C15H22N2O2S/c16-13(15(19)17-7-3-4-8-17)14(18)11-9-20-12-6-2-1-5-10(11)12/h1-2,5-6,10-14,18H,3-4,7-9,16H2/t10?,11?,12?,13-,14+/m1/s1. The van der Waals surface area contributed by atoms with E-state index in [1.807, 2.05) is 17.8 Å². The molecule has 0 saturated carbocycles. The predicted molar refractivity (Wildman–Crippen MR) is 81.3 cm³/mol. The molecule has 1 aliphatic carbocycles. The molecule has 0 aromatic rings. The van der Waals surface area contributed by atoms with Gasteiger partial charge in [0.15, 0.2) is 0 Å². The van der Waals surface area contributed by atoms with Crippen molar-refractivity contribution in [1.82, 2.24) is 4.90 Å². The van der Waals surface area contributed by atoms with Crippen molar-refractivity contribution in [2.75, 3.05) is 18.8 Å². The number of hydrogen-bond donors (Lipinski definition) is 2. The number of allylic oxidation sites excluding steroid dienone is 3. The summed E-state index contributed by atoms with van der Waals surface area (Å²) in [6.07, 6.45) is 9.75. The van der Waals surface area contributed by atoms with E-state index < -0.39 is 12.1 Å². The van der Waals surface area contributed by atoms with Crippen molar-refractivity contribution in [3.8, 4) is 0 Å². The highest BCUT2D eigenvalue weighted by atomic mass is 32.2. The molecule has 0 aromatic carbocycles. The van der Waals surface area contributed by atoms with Crippen LogP contribution in [-0.2, 0) is 4.79 Å². The Hall–Kier alpha value is -0.780. The third-order valence-corrected chi connectivity index (χ3v) is 6.04. The fourth-order valence-corrected chi connectivity index (χ4v) is 4.96. The number of aliphatic hydroxyl groups excluding tert-OH is 1. The number of thioether (sulfide) groups is 1. The van der Waals surface area contributed by atoms with Crippen LogP contribution in [0.5, 0.6) is 0 Å². The minimum atomic E-state index is -0.781. The van der Waals surface area contributed by atoms with Gasteiger partial charge in [-0.3, -0.25) is 4.79 Å². The van der Waals surface area contributed by atoms with Gasteiger partial charge >= 0.3 is 0 Å². The minimum absolute atomic E-state index is 0.0766. The van der Waals surface area contributed by atoms with E-state index in [0.29, 0.717) is 11.2 Å². The Kier molecular flexibility index (Phi) is 4.19. The monoisotopic (exact) mass is 294 g/mol. The van der Waals surface area contributed by atoms with E-state index in [-0.39, 0.29) is 11.8 Å². The second kappa shape index (κ2) is 5.92. The van der Waals surface area contributed by atoms with Crippen LogP contribution in [0.15, 0.2) is 24.3 Å². The maximum absolute atomic E-state index is 12.3. The van der Waals surface area contributed by atoms with Crippen molar-refractivity contribution in [3.05, 3.63) is 24.3 Å². The average molecular weight is 294 g/mol. The van der Waals surface area contributed by atoms with Crippen LogP contribution in [0.1, 0.15) is 12.8 Å². The van der Waals surface area contributed by atoms with Crippen LogP contribution in [0.3, 0.4) is 0 Å². The molecule has 0 spiro atoms. The second-order valence-corrected chi connectivity index (χ2v) is 7.07. The van der Waals surface area contributed by atoms with Gasteiger partial charge in [-0.05, 0) is 24.5 Å². The Bertz CT molecular complexity index is 432. The molecule has 20 heavy (non-hydrogen) atoms. The number of fused-ring (bicyclic) bond motifs is 1. The number of carbonyl (C=O) groups excluding carboxylic acids is 1. The molecule has 2 aliphatic heterocycles. The fraction of sp³-hybridized carbons (Fsp3) is 0.667. The summed E-state index contributed by atoms with van der Waals surface area (Å²) in [7, 11) is 0. The number of hydrogen-bond acceptors (Lipinski definition) is 4. The summed E-state index contributed by atoms with van der Waals surface area (Å²) in [5, 5.41) is 11.0. The predicted octanol–water partition coefficient (Wildman–Crippen LogP) is 0.771. The Labute approximate surface area is 124 Å². The topological polar surface area (TPSA) is 66.6 Å². The SMILES string of the molecule is N[C@@H](C(=O)N1CCCC1)[C@@H](O)C1CSC2C=CC=CC21. The van der Waals surface area contributed by atoms with E-state index >= 15 is 0 Å². The van der Waals surface area contributed by atoms with E-state index in [0.717, 1.165) is 31.7 Å². The van der Waals surface area contributed by atoms with Crippen molar-refractivity contribution in [1.29, 1.82) is 0 Å². The van der Waals surface area contributed by atoms with Gasteiger partial charge in [0.1, 0.15) is 6.04 Å². The number of aliphatic hydroxyl groups is 1. The third kappa shape index (κ3) is 2.54. The molecule has 1 amide bonds. The van der Waals surface area contributed by atoms with Crippen LogP contribution in [0, 0.1) is 11.8 Å². The first-order chi connectivity index (χ1) is 9.68. The van der Waals surface area contributed by atoms with E-state index in [1.165, 1.54) is 0 Å². The molecule has 0 bridgehead atoms. The van der Waals surface area contributed by atoms with Crippen LogP contribution >= 0.6 is 11.8 Å². The minimum Gasteiger partial charge on any atom is -0.391 e. The first-order valence-corrected chi connectivity index (χ1v) is 8.42. The third-order valence-electron chi connectivity index (χ3n) is 4.61. The van der Waals surface area contributed by atoms with Gasteiger partial charge in [-0.15, -0.1) is 0 Å². The molecule has 2 fully saturated rings. The highest BCUT2D eigenvalue weighted by Crippen LogP contribution is 2.42. The number of rotatable bonds is 3. The highest BCUT2D eigenvalue weighted by Gasteiger charge is 2.43. The summed E-state index contributed by atoms with van der Waals surface area (Å²) in [4.78, 5) is 14.1. The average Bonchev–Trinajstić information content (AvgIpc) is 3.14. The lowest BCUT2D eigenvalue weighted by molar-refractivity contribution is -0.135. The molecular formula is C15H22N2O2S. The van der Waals surface area contributed by atoms with Crippen molar-refractivity contribution < 1.29 is 9.90 Å². The molecule has 0 radical (unpaired) electrons. The summed E-state index contributed by atoms with van der Waals surface area (Å²) < 4.78 is 0. The number of amides is 1. The van der Waals surface area contributed by atoms with Crippen molar-refractivity contribution >= 4 is 17.7 Å². The van der Waals surface area contributed by atoms with Gasteiger partial charge in [0, 0.05) is 24.3 Å². The number of nitrogens with two attached hydrogens (primary N) is 1. The Balaban J connectivity index is 1.66. The van der Waals surface area contributed by atoms with Crippen LogP contribution in [-0.4, -0.2) is 52.2 Å². The fourth-order valence-electron chi connectivity index (χ4n) is 3.38. The molecule has 5 atom stereocenters. The summed E-state index contributed by atoms with van der Waals surface area (Å²) in [6.45, 7) is 1.57. The lowest BCUT2D eigenvalue weighted by Crippen LogP contribution is -2.52. The van der Waals surface area contributed by atoms with Crippen LogP contribution < -0.4 is 5.73 Å². The van der Waals surface area contributed by atoms with Gasteiger partial charge in [-0.2, -0.15) is 11.8 Å². The van der Waals surface area contributed by atoms with Crippen molar-refractivity contribution in [2.45, 2.75) is 30.2 Å². The zero-order chi connectivity index (χ0) is 14.1. The lowest BCUT2D eigenvalue weighted by Gasteiger charge is -2.30. The Morgan fingerprint density at radius 3 is 2.75 bits per heavy atom. The first kappa shape index (κ1) is 14.2. The van der Waals surface area contributed by atoms with E-state index in [2.05, 4.69) is 18.2 Å². The van der Waals surface area contributed by atoms with Crippen molar-refractivity contribution in [3.63, 3.8) is 0 Å². The van der Waals surface area contributed by atoms with Gasteiger partial charge in [-0.1, -0.05) is 24.3 Å². The van der Waals surface area contributed by atoms with Crippen LogP contribution in [0.25, 0.3) is 0 Å². The summed E-state index contributed by atoms with van der Waals surface area (Å²) in [5.74, 6) is 1.16. The van der Waals surface area contributed by atoms with Gasteiger partial charge in [0.05, 0.1) is 6.10 Å². The zero-order valence-corrected chi connectivity index (χ0v) is 12.3. The number of likely N-dealkylation sites (tertiary alicyclic amines) is 1. The molecule has 3 unspecified atom stereocenters. The largest absolute Gasteiger partial charge is 0.391 e. The first-order valence-electron chi connectivity index (χ1n) is 7.37. The van der Waals surface area contributed by atoms with Gasteiger partial charge in [0.2, 0.25) is 5.91 Å². The highest BCUT2D eigenvalue weighted by molar-refractivity contribution is 8.00. The molecule has 110 valence electrons. The molecule has 3 N–H and O–H groups in total. The Morgan fingerprint density at radius 2 is 2.00 bits per heavy atom. The Morgan fingerprint density at radius 1 is 1.30 bits per heavy atom. The molecule has 5 heteroatoms. The van der Waals surface area contributed by atoms with Gasteiger partial charge in [-0.25, -0.2) is 0 Å². The zero-order valence-electron chi connectivity index (χ0n) is 11.5. The maximum atomic E-state index is 12.3.